The lowest BCUT2D eigenvalue weighted by atomic mass is 10.2. The van der Waals surface area contributed by atoms with Crippen LogP contribution in [0.4, 0.5) is 5.82 Å². The maximum absolute atomic E-state index is 12.7. The number of piperazine rings is 1. The zero-order valence-corrected chi connectivity index (χ0v) is 13.6. The first-order valence-corrected chi connectivity index (χ1v) is 8.14. The second-order valence-electron chi connectivity index (χ2n) is 5.91. The first-order chi connectivity index (χ1) is 12.3. The number of hydrogen-bond acceptors (Lipinski definition) is 5. The van der Waals surface area contributed by atoms with Crippen molar-refractivity contribution in [2.75, 3.05) is 31.1 Å². The van der Waals surface area contributed by atoms with Gasteiger partial charge >= 0.3 is 0 Å². The Bertz CT molecular complexity index is 932. The monoisotopic (exact) mass is 332 g/mol. The zero-order chi connectivity index (χ0) is 17.2. The third-order valence-electron chi connectivity index (χ3n) is 4.41. The Hall–Kier alpha value is -3.33. The van der Waals surface area contributed by atoms with E-state index >= 15 is 0 Å². The van der Waals surface area contributed by atoms with Gasteiger partial charge < -0.3 is 14.2 Å². The van der Waals surface area contributed by atoms with Crippen molar-refractivity contribution < 1.29 is 9.21 Å². The molecule has 1 fully saturated rings. The molecule has 2 aromatic heterocycles. The normalized spacial score (nSPS) is 14.5. The van der Waals surface area contributed by atoms with Gasteiger partial charge in [-0.2, -0.15) is 5.26 Å². The van der Waals surface area contributed by atoms with E-state index in [0.717, 1.165) is 11.0 Å². The van der Waals surface area contributed by atoms with Gasteiger partial charge in [0.2, 0.25) is 0 Å². The fourth-order valence-corrected chi connectivity index (χ4v) is 3.10. The third kappa shape index (κ3) is 2.81. The smallest absolute Gasteiger partial charge is 0.289 e. The van der Waals surface area contributed by atoms with E-state index in [2.05, 4.69) is 11.1 Å². The molecule has 0 bridgehead atoms. The Morgan fingerprint density at radius 1 is 1.12 bits per heavy atom. The van der Waals surface area contributed by atoms with Crippen molar-refractivity contribution in [1.82, 2.24) is 9.88 Å². The first-order valence-electron chi connectivity index (χ1n) is 8.14. The Morgan fingerprint density at radius 2 is 1.92 bits per heavy atom. The number of para-hydroxylation sites is 1. The zero-order valence-electron chi connectivity index (χ0n) is 13.6. The lowest BCUT2D eigenvalue weighted by molar-refractivity contribution is 0.0717. The number of aromatic nitrogens is 1. The summed E-state index contributed by atoms with van der Waals surface area (Å²) in [6.07, 6.45) is 1.68. The molecule has 1 aliphatic rings. The van der Waals surface area contributed by atoms with Crippen molar-refractivity contribution in [3.8, 4) is 6.07 Å². The highest BCUT2D eigenvalue weighted by atomic mass is 16.3. The quantitative estimate of drug-likeness (QED) is 0.721. The predicted octanol–water partition coefficient (Wildman–Crippen LogP) is 2.66. The molecular formula is C19H16N4O2. The maximum atomic E-state index is 12.7. The van der Waals surface area contributed by atoms with Gasteiger partial charge in [-0.1, -0.05) is 18.2 Å². The van der Waals surface area contributed by atoms with E-state index in [4.69, 9.17) is 4.42 Å². The summed E-state index contributed by atoms with van der Waals surface area (Å²) in [5, 5.41) is 10.1. The number of carbonyl (C=O) groups excluding carboxylic acids is 1. The van der Waals surface area contributed by atoms with E-state index in [0.29, 0.717) is 43.3 Å². The van der Waals surface area contributed by atoms with Crippen LogP contribution in [0.5, 0.6) is 0 Å². The van der Waals surface area contributed by atoms with Gasteiger partial charge in [0.25, 0.3) is 5.91 Å². The van der Waals surface area contributed by atoms with Gasteiger partial charge in [0.1, 0.15) is 17.5 Å². The molecule has 3 aromatic rings. The summed E-state index contributed by atoms with van der Waals surface area (Å²) in [6.45, 7) is 2.41. The largest absolute Gasteiger partial charge is 0.451 e. The molecule has 0 atom stereocenters. The highest BCUT2D eigenvalue weighted by Crippen LogP contribution is 2.22. The molecule has 124 valence electrons. The standard InChI is InChI=1S/C19H16N4O2/c20-13-15-5-3-7-21-18(15)22-8-10-23(11-9-22)19(24)17-12-14-4-1-2-6-16(14)25-17/h1-7,12H,8-11H2. The van der Waals surface area contributed by atoms with Crippen molar-refractivity contribution in [2.24, 2.45) is 0 Å². The van der Waals surface area contributed by atoms with Crippen molar-refractivity contribution >= 4 is 22.7 Å². The van der Waals surface area contributed by atoms with Crippen LogP contribution in [0.3, 0.4) is 0 Å². The second kappa shape index (κ2) is 6.29. The van der Waals surface area contributed by atoms with Crippen LogP contribution in [0.2, 0.25) is 0 Å². The molecule has 1 aliphatic heterocycles. The van der Waals surface area contributed by atoms with Gasteiger partial charge in [-0.3, -0.25) is 4.79 Å². The number of carbonyl (C=O) groups is 1. The number of anilines is 1. The predicted molar refractivity (Wildman–Crippen MR) is 93.3 cm³/mol. The minimum absolute atomic E-state index is 0.0997. The van der Waals surface area contributed by atoms with E-state index < -0.39 is 0 Å². The molecule has 0 aliphatic carbocycles. The van der Waals surface area contributed by atoms with E-state index in [1.54, 1.807) is 29.3 Å². The minimum Gasteiger partial charge on any atom is -0.451 e. The van der Waals surface area contributed by atoms with Crippen molar-refractivity contribution in [3.63, 3.8) is 0 Å². The van der Waals surface area contributed by atoms with Gasteiger partial charge in [0, 0.05) is 37.8 Å². The summed E-state index contributed by atoms with van der Waals surface area (Å²) >= 11 is 0. The summed E-state index contributed by atoms with van der Waals surface area (Å²) < 4.78 is 5.67. The molecule has 0 N–H and O–H groups in total. The van der Waals surface area contributed by atoms with Gasteiger partial charge in [-0.05, 0) is 24.3 Å². The fourth-order valence-electron chi connectivity index (χ4n) is 3.10. The summed E-state index contributed by atoms with van der Waals surface area (Å²) in [7, 11) is 0. The Morgan fingerprint density at radius 3 is 2.68 bits per heavy atom. The van der Waals surface area contributed by atoms with E-state index in [1.807, 2.05) is 29.2 Å². The molecule has 1 saturated heterocycles. The molecule has 4 rings (SSSR count). The van der Waals surface area contributed by atoms with Crippen LogP contribution in [0.25, 0.3) is 11.0 Å². The highest BCUT2D eigenvalue weighted by Gasteiger charge is 2.26. The number of rotatable bonds is 2. The van der Waals surface area contributed by atoms with Crippen LogP contribution in [0, 0.1) is 11.3 Å². The molecule has 0 unspecified atom stereocenters. The number of hydrogen-bond donors (Lipinski definition) is 0. The van der Waals surface area contributed by atoms with Crippen LogP contribution >= 0.6 is 0 Å². The summed E-state index contributed by atoms with van der Waals surface area (Å²) in [5.74, 6) is 0.948. The lowest BCUT2D eigenvalue weighted by Gasteiger charge is -2.35. The van der Waals surface area contributed by atoms with Crippen LogP contribution in [0.1, 0.15) is 16.1 Å². The third-order valence-corrected chi connectivity index (χ3v) is 4.41. The lowest BCUT2D eigenvalue weighted by Crippen LogP contribution is -2.49. The van der Waals surface area contributed by atoms with E-state index in [-0.39, 0.29) is 5.91 Å². The van der Waals surface area contributed by atoms with E-state index in [9.17, 15) is 10.1 Å². The first kappa shape index (κ1) is 15.2. The van der Waals surface area contributed by atoms with Gasteiger partial charge in [-0.25, -0.2) is 4.98 Å². The van der Waals surface area contributed by atoms with E-state index in [1.165, 1.54) is 0 Å². The molecule has 1 amide bonds. The highest BCUT2D eigenvalue weighted by molar-refractivity contribution is 5.96. The van der Waals surface area contributed by atoms with Gasteiger partial charge in [0.05, 0.1) is 5.56 Å². The van der Waals surface area contributed by atoms with Crippen LogP contribution in [0.15, 0.2) is 53.1 Å². The molecule has 1 aromatic carbocycles. The van der Waals surface area contributed by atoms with Crippen molar-refractivity contribution in [2.45, 2.75) is 0 Å². The van der Waals surface area contributed by atoms with Crippen LogP contribution in [-0.2, 0) is 0 Å². The number of furan rings is 1. The molecule has 25 heavy (non-hydrogen) atoms. The van der Waals surface area contributed by atoms with Gasteiger partial charge in [0.15, 0.2) is 5.76 Å². The van der Waals surface area contributed by atoms with Gasteiger partial charge in [-0.15, -0.1) is 0 Å². The molecular weight excluding hydrogens is 316 g/mol. The maximum Gasteiger partial charge on any atom is 0.289 e. The molecule has 6 nitrogen and oxygen atoms in total. The Kier molecular flexibility index (Phi) is 3.82. The fraction of sp³-hybridized carbons (Fsp3) is 0.211. The average Bonchev–Trinajstić information content (AvgIpc) is 3.12. The summed E-state index contributed by atoms with van der Waals surface area (Å²) in [4.78, 5) is 20.8. The topological polar surface area (TPSA) is 73.4 Å². The number of amides is 1. The minimum atomic E-state index is -0.0997. The number of nitriles is 1. The SMILES string of the molecule is N#Cc1cccnc1N1CCN(C(=O)c2cc3ccccc3o2)CC1. The second-order valence-corrected chi connectivity index (χ2v) is 5.91. The number of fused-ring (bicyclic) bond motifs is 1. The summed E-state index contributed by atoms with van der Waals surface area (Å²) in [6, 6.07) is 15.1. The number of benzene rings is 1. The summed E-state index contributed by atoms with van der Waals surface area (Å²) in [5.41, 5.74) is 1.27. The van der Waals surface area contributed by atoms with Crippen LogP contribution < -0.4 is 4.90 Å². The van der Waals surface area contributed by atoms with Crippen molar-refractivity contribution in [1.29, 1.82) is 5.26 Å². The van der Waals surface area contributed by atoms with Crippen LogP contribution in [-0.4, -0.2) is 42.0 Å². The average molecular weight is 332 g/mol. The molecule has 0 spiro atoms. The molecule has 0 radical (unpaired) electrons. The molecule has 0 saturated carbocycles. The number of pyridine rings is 1. The molecule has 6 heteroatoms. The Labute approximate surface area is 144 Å². The number of nitrogens with zero attached hydrogens (tertiary/aromatic N) is 4. The Balaban J connectivity index is 1.48. The van der Waals surface area contributed by atoms with Crippen molar-refractivity contribution in [3.05, 3.63) is 60.0 Å². The molecule has 3 heterocycles.